The first-order valence-electron chi connectivity index (χ1n) is 8.82. The molecule has 8 nitrogen and oxygen atoms in total. The number of piperazine rings is 1. The summed E-state index contributed by atoms with van der Waals surface area (Å²) < 4.78 is 0.751. The van der Waals surface area contributed by atoms with Gasteiger partial charge < -0.3 is 15.1 Å². The van der Waals surface area contributed by atoms with Gasteiger partial charge in [-0.1, -0.05) is 15.9 Å². The normalized spacial score (nSPS) is 16.6. The number of fused-ring (bicyclic) bond motifs is 1. The molecule has 27 heavy (non-hydrogen) atoms. The number of urea groups is 1. The molecule has 0 aliphatic carbocycles. The number of hydrogen-bond donors (Lipinski definition) is 1. The molecule has 0 atom stereocenters. The molecular formula is C18H21BrN4O4. The number of carbonyl (C=O) groups excluding carboxylic acids is 4. The van der Waals surface area contributed by atoms with E-state index >= 15 is 0 Å². The lowest BCUT2D eigenvalue weighted by Crippen LogP contribution is -2.53. The Kier molecular flexibility index (Phi) is 5.79. The molecule has 2 aliphatic rings. The third-order valence-corrected chi connectivity index (χ3v) is 5.27. The summed E-state index contributed by atoms with van der Waals surface area (Å²) in [5, 5.41) is 2.81. The van der Waals surface area contributed by atoms with Crippen LogP contribution in [0.15, 0.2) is 22.7 Å². The summed E-state index contributed by atoms with van der Waals surface area (Å²) in [6, 6.07) is 4.84. The minimum atomic E-state index is -0.303. The Labute approximate surface area is 165 Å². The molecule has 0 spiro atoms. The van der Waals surface area contributed by atoms with E-state index in [1.54, 1.807) is 28.0 Å². The van der Waals surface area contributed by atoms with E-state index < -0.39 is 0 Å². The number of hydrogen-bond acceptors (Lipinski definition) is 4. The van der Waals surface area contributed by atoms with Gasteiger partial charge in [0, 0.05) is 50.7 Å². The summed E-state index contributed by atoms with van der Waals surface area (Å²) in [5.74, 6) is -0.583. The minimum Gasteiger partial charge on any atom is -0.339 e. The number of nitrogens with zero attached hydrogens (tertiary/aromatic N) is 3. The molecule has 2 heterocycles. The van der Waals surface area contributed by atoms with Crippen molar-refractivity contribution in [1.29, 1.82) is 0 Å². The maximum atomic E-state index is 12.4. The molecule has 0 saturated carbocycles. The Morgan fingerprint density at radius 3 is 2.33 bits per heavy atom. The Balaban J connectivity index is 1.43. The van der Waals surface area contributed by atoms with Gasteiger partial charge in [-0.25, -0.2) is 4.79 Å². The van der Waals surface area contributed by atoms with Crippen molar-refractivity contribution in [3.8, 4) is 0 Å². The predicted octanol–water partition coefficient (Wildman–Crippen LogP) is 1.31. The van der Waals surface area contributed by atoms with Crippen LogP contribution >= 0.6 is 15.9 Å². The zero-order chi connectivity index (χ0) is 19.6. The van der Waals surface area contributed by atoms with Crippen LogP contribution in [-0.2, 0) is 4.79 Å². The van der Waals surface area contributed by atoms with Gasteiger partial charge in [0.15, 0.2) is 0 Å². The highest BCUT2D eigenvalue weighted by Crippen LogP contribution is 2.25. The first-order valence-corrected chi connectivity index (χ1v) is 9.62. The zero-order valence-corrected chi connectivity index (χ0v) is 16.6. The van der Waals surface area contributed by atoms with Crippen molar-refractivity contribution in [1.82, 2.24) is 20.0 Å². The molecule has 9 heteroatoms. The number of nitrogens with one attached hydrogen (secondary N) is 1. The molecule has 1 fully saturated rings. The number of imide groups is 1. The molecule has 2 aliphatic heterocycles. The van der Waals surface area contributed by atoms with Gasteiger partial charge in [-0.15, -0.1) is 0 Å². The zero-order valence-electron chi connectivity index (χ0n) is 15.0. The molecular weight excluding hydrogens is 416 g/mol. The van der Waals surface area contributed by atoms with Crippen molar-refractivity contribution in [3.05, 3.63) is 33.8 Å². The minimum absolute atomic E-state index is 0.0167. The Morgan fingerprint density at radius 1 is 1.04 bits per heavy atom. The van der Waals surface area contributed by atoms with Crippen LogP contribution in [0.2, 0.25) is 0 Å². The maximum Gasteiger partial charge on any atom is 0.317 e. The number of halogens is 1. The van der Waals surface area contributed by atoms with Crippen molar-refractivity contribution < 1.29 is 19.2 Å². The Hall–Kier alpha value is -2.42. The molecule has 1 aromatic carbocycles. The van der Waals surface area contributed by atoms with E-state index in [0.717, 1.165) is 4.47 Å². The monoisotopic (exact) mass is 436 g/mol. The average molecular weight is 437 g/mol. The van der Waals surface area contributed by atoms with Gasteiger partial charge in [-0.2, -0.15) is 0 Å². The first-order chi connectivity index (χ1) is 12.9. The summed E-state index contributed by atoms with van der Waals surface area (Å²) >= 11 is 3.31. The fourth-order valence-corrected chi connectivity index (χ4v) is 3.60. The molecule has 1 saturated heterocycles. The highest BCUT2D eigenvalue weighted by Gasteiger charge is 2.35. The molecule has 3 rings (SSSR count). The van der Waals surface area contributed by atoms with Gasteiger partial charge in [0.1, 0.15) is 0 Å². The third kappa shape index (κ3) is 4.13. The summed E-state index contributed by atoms with van der Waals surface area (Å²) in [6.07, 6.45) is 0.478. The summed E-state index contributed by atoms with van der Waals surface area (Å²) in [5.41, 5.74) is 0.817. The average Bonchev–Trinajstić information content (AvgIpc) is 2.89. The van der Waals surface area contributed by atoms with Crippen LogP contribution in [0.5, 0.6) is 0 Å². The molecule has 0 bridgehead atoms. The second-order valence-electron chi connectivity index (χ2n) is 6.53. The van der Waals surface area contributed by atoms with Crippen LogP contribution in [0.4, 0.5) is 4.79 Å². The SMILES string of the molecule is CC(=O)N1CCN(C(=O)NCCCN2C(=O)c3ccc(Br)cc3C2=O)CC1. The lowest BCUT2D eigenvalue weighted by atomic mass is 10.1. The quantitative estimate of drug-likeness (QED) is 0.568. The lowest BCUT2D eigenvalue weighted by molar-refractivity contribution is -0.130. The number of rotatable bonds is 4. The van der Waals surface area contributed by atoms with Crippen LogP contribution < -0.4 is 5.32 Å². The van der Waals surface area contributed by atoms with Crippen molar-refractivity contribution in [2.75, 3.05) is 39.3 Å². The molecule has 1 N–H and O–H groups in total. The van der Waals surface area contributed by atoms with Crippen LogP contribution in [0.25, 0.3) is 0 Å². The second kappa shape index (κ2) is 8.08. The predicted molar refractivity (Wildman–Crippen MR) is 101 cm³/mol. The van der Waals surface area contributed by atoms with Gasteiger partial charge in [0.25, 0.3) is 11.8 Å². The molecule has 0 unspecified atom stereocenters. The van der Waals surface area contributed by atoms with Crippen LogP contribution in [0, 0.1) is 0 Å². The molecule has 0 radical (unpaired) electrons. The molecule has 1 aromatic rings. The fourth-order valence-electron chi connectivity index (χ4n) is 3.23. The van der Waals surface area contributed by atoms with E-state index in [9.17, 15) is 19.2 Å². The van der Waals surface area contributed by atoms with Gasteiger partial charge in [0.05, 0.1) is 11.1 Å². The van der Waals surface area contributed by atoms with E-state index in [4.69, 9.17) is 0 Å². The third-order valence-electron chi connectivity index (χ3n) is 4.78. The lowest BCUT2D eigenvalue weighted by Gasteiger charge is -2.34. The summed E-state index contributed by atoms with van der Waals surface area (Å²) in [6.45, 7) is 4.21. The molecule has 0 aromatic heterocycles. The first kappa shape index (κ1) is 19.3. The molecule has 5 amide bonds. The highest BCUT2D eigenvalue weighted by molar-refractivity contribution is 9.10. The number of amides is 5. The number of benzene rings is 1. The van der Waals surface area contributed by atoms with Gasteiger partial charge in [-0.05, 0) is 24.6 Å². The van der Waals surface area contributed by atoms with Gasteiger partial charge in [-0.3, -0.25) is 19.3 Å². The Bertz CT molecular complexity index is 790. The van der Waals surface area contributed by atoms with E-state index in [1.807, 2.05) is 0 Å². The Morgan fingerprint density at radius 2 is 1.67 bits per heavy atom. The van der Waals surface area contributed by atoms with E-state index in [-0.39, 0.29) is 30.3 Å². The van der Waals surface area contributed by atoms with Crippen LogP contribution in [-0.4, -0.2) is 77.7 Å². The van der Waals surface area contributed by atoms with Gasteiger partial charge >= 0.3 is 6.03 Å². The summed E-state index contributed by atoms with van der Waals surface area (Å²) in [7, 11) is 0. The van der Waals surface area contributed by atoms with Crippen molar-refractivity contribution in [2.45, 2.75) is 13.3 Å². The summed E-state index contributed by atoms with van der Waals surface area (Å²) in [4.78, 5) is 52.8. The van der Waals surface area contributed by atoms with E-state index in [2.05, 4.69) is 21.2 Å². The smallest absolute Gasteiger partial charge is 0.317 e. The van der Waals surface area contributed by atoms with Crippen LogP contribution in [0.1, 0.15) is 34.1 Å². The topological polar surface area (TPSA) is 90.0 Å². The van der Waals surface area contributed by atoms with Gasteiger partial charge in [0.2, 0.25) is 5.91 Å². The van der Waals surface area contributed by atoms with E-state index in [1.165, 1.54) is 11.8 Å². The number of carbonyl (C=O) groups is 4. The standard InChI is InChI=1S/C18H21BrN4O4/c1-12(24)21-7-9-22(10-8-21)18(27)20-5-2-6-23-16(25)14-4-3-13(19)11-15(14)17(23)26/h3-4,11H,2,5-10H2,1H3,(H,20,27). The van der Waals surface area contributed by atoms with Crippen molar-refractivity contribution in [3.63, 3.8) is 0 Å². The van der Waals surface area contributed by atoms with E-state index in [0.29, 0.717) is 50.3 Å². The largest absolute Gasteiger partial charge is 0.339 e. The fraction of sp³-hybridized carbons (Fsp3) is 0.444. The maximum absolute atomic E-state index is 12.4. The van der Waals surface area contributed by atoms with Crippen molar-refractivity contribution >= 4 is 39.7 Å². The van der Waals surface area contributed by atoms with Crippen LogP contribution in [0.3, 0.4) is 0 Å². The molecule has 144 valence electrons. The van der Waals surface area contributed by atoms with Crippen molar-refractivity contribution in [2.24, 2.45) is 0 Å². The second-order valence-corrected chi connectivity index (χ2v) is 7.45. The highest BCUT2D eigenvalue weighted by atomic mass is 79.9.